The van der Waals surface area contributed by atoms with Crippen LogP contribution >= 0.6 is 11.3 Å². The highest BCUT2D eigenvalue weighted by Crippen LogP contribution is 2.25. The Morgan fingerprint density at radius 3 is 2.55 bits per heavy atom. The van der Waals surface area contributed by atoms with Gasteiger partial charge in [-0.05, 0) is 63.6 Å². The highest BCUT2D eigenvalue weighted by molar-refractivity contribution is 7.92. The summed E-state index contributed by atoms with van der Waals surface area (Å²) in [4.78, 5) is 22.8. The average Bonchev–Trinajstić information content (AvgIpc) is 3.55. The number of benzene rings is 2. The number of aliphatic imine (C=N–C) groups is 1. The van der Waals surface area contributed by atoms with E-state index in [1.165, 1.54) is 28.2 Å². The molecule has 3 heterocycles. The lowest BCUT2D eigenvalue weighted by Crippen LogP contribution is -2.19. The van der Waals surface area contributed by atoms with Crippen molar-refractivity contribution in [3.63, 3.8) is 0 Å². The fourth-order valence-corrected chi connectivity index (χ4v) is 5.99. The van der Waals surface area contributed by atoms with Crippen LogP contribution in [0.3, 0.4) is 0 Å². The van der Waals surface area contributed by atoms with E-state index in [1.54, 1.807) is 32.9 Å². The van der Waals surface area contributed by atoms with Gasteiger partial charge in [0, 0.05) is 11.3 Å². The van der Waals surface area contributed by atoms with Crippen LogP contribution in [-0.4, -0.2) is 34.1 Å². The van der Waals surface area contributed by atoms with Gasteiger partial charge in [-0.3, -0.25) is 14.9 Å². The van der Waals surface area contributed by atoms with Gasteiger partial charge in [-0.25, -0.2) is 18.1 Å². The van der Waals surface area contributed by atoms with Crippen molar-refractivity contribution in [2.24, 2.45) is 4.99 Å². The van der Waals surface area contributed by atoms with Gasteiger partial charge in [-0.1, -0.05) is 42.0 Å². The van der Waals surface area contributed by atoms with Gasteiger partial charge in [-0.15, -0.1) is 0 Å². The molecule has 2 N–H and O–H groups in total. The van der Waals surface area contributed by atoms with Gasteiger partial charge < -0.3 is 4.52 Å². The van der Waals surface area contributed by atoms with Crippen LogP contribution in [0.1, 0.15) is 42.8 Å². The molecule has 0 bridgehead atoms. The van der Waals surface area contributed by atoms with Crippen LogP contribution < -0.4 is 10.3 Å². The second kappa shape index (κ2) is 10.0. The van der Waals surface area contributed by atoms with Crippen LogP contribution in [0.25, 0.3) is 15.3 Å². The molecule has 0 aliphatic rings. The van der Waals surface area contributed by atoms with Gasteiger partial charge >= 0.3 is 0 Å². The van der Waals surface area contributed by atoms with E-state index in [4.69, 9.17) is 4.52 Å². The number of thiazole rings is 1. The molecule has 0 amide bonds. The van der Waals surface area contributed by atoms with E-state index in [2.05, 4.69) is 25.0 Å². The van der Waals surface area contributed by atoms with Crippen LogP contribution in [0, 0.1) is 13.8 Å². The highest BCUT2D eigenvalue weighted by atomic mass is 32.2. The van der Waals surface area contributed by atoms with Crippen molar-refractivity contribution in [1.82, 2.24) is 19.9 Å². The van der Waals surface area contributed by atoms with E-state index in [1.807, 2.05) is 31.2 Å². The van der Waals surface area contributed by atoms with Crippen LogP contribution in [0.15, 0.2) is 67.7 Å². The minimum Gasteiger partial charge on any atom is -0.337 e. The number of para-hydroxylation sites is 1. The number of hydrogen-bond donors (Lipinski definition) is 2. The lowest BCUT2D eigenvalue weighted by molar-refractivity contribution is 0.430. The minimum absolute atomic E-state index is 0.0501. The second-order valence-corrected chi connectivity index (χ2v) is 11.5. The van der Waals surface area contributed by atoms with Crippen LogP contribution in [0.2, 0.25) is 0 Å². The molecular weight excluding hydrogens is 524 g/mol. The van der Waals surface area contributed by atoms with Crippen molar-refractivity contribution in [2.45, 2.75) is 45.4 Å². The summed E-state index contributed by atoms with van der Waals surface area (Å²) in [5.74, 6) is 0.0840. The number of hydrogen-bond acceptors (Lipinski definition) is 8. The molecule has 12 heteroatoms. The van der Waals surface area contributed by atoms with E-state index in [0.717, 1.165) is 22.3 Å². The van der Waals surface area contributed by atoms with Gasteiger partial charge in [0.2, 0.25) is 11.0 Å². The van der Waals surface area contributed by atoms with Gasteiger partial charge in [0.25, 0.3) is 15.6 Å². The highest BCUT2D eigenvalue weighted by Gasteiger charge is 2.21. The van der Waals surface area contributed by atoms with E-state index >= 15 is 0 Å². The molecule has 10 nitrogen and oxygen atoms in total. The van der Waals surface area contributed by atoms with Crippen LogP contribution in [0.5, 0.6) is 0 Å². The number of aromatic amines is 1. The molecule has 0 aliphatic heterocycles. The zero-order valence-electron chi connectivity index (χ0n) is 21.3. The summed E-state index contributed by atoms with van der Waals surface area (Å²) in [7, 11) is -3.88. The topological polar surface area (TPSA) is 135 Å². The molecule has 196 valence electrons. The first-order chi connectivity index (χ1) is 18.2. The van der Waals surface area contributed by atoms with Crippen molar-refractivity contribution in [2.75, 3.05) is 4.72 Å². The number of nitrogens with one attached hydrogen (secondary N) is 2. The first-order valence-electron chi connectivity index (χ1n) is 12.0. The standard InChI is InChI=1S/C26H26N6O4S2/c1-5-8-21-23(25(33)32(29-21)26-28-20-9-6-7-10-22(20)37-26)17(4)27-18-11-13-19(14-12-18)38(34,35)31-24-15(2)16(3)30-36-24/h6-7,9-14,29,31H,5,8H2,1-4H3. The van der Waals surface area contributed by atoms with Crippen LogP contribution in [-0.2, 0) is 16.4 Å². The Kier molecular flexibility index (Phi) is 6.76. The Labute approximate surface area is 223 Å². The molecule has 0 fully saturated rings. The fourth-order valence-electron chi connectivity index (χ4n) is 4.02. The number of aryl methyl sites for hydroxylation is 2. The quantitative estimate of drug-likeness (QED) is 0.253. The summed E-state index contributed by atoms with van der Waals surface area (Å²) in [6.07, 6.45) is 1.50. The second-order valence-electron chi connectivity index (χ2n) is 8.84. The molecule has 5 aromatic rings. The van der Waals surface area contributed by atoms with E-state index in [9.17, 15) is 13.2 Å². The maximum atomic E-state index is 13.5. The molecule has 38 heavy (non-hydrogen) atoms. The van der Waals surface area contributed by atoms with Gasteiger partial charge in [-0.2, -0.15) is 4.68 Å². The van der Waals surface area contributed by atoms with E-state index < -0.39 is 10.0 Å². The first kappa shape index (κ1) is 25.6. The maximum absolute atomic E-state index is 13.5. The van der Waals surface area contributed by atoms with Crippen LogP contribution in [0.4, 0.5) is 11.6 Å². The van der Waals surface area contributed by atoms with Gasteiger partial charge in [0.15, 0.2) is 0 Å². The molecule has 0 spiro atoms. The third-order valence-electron chi connectivity index (χ3n) is 6.13. The summed E-state index contributed by atoms with van der Waals surface area (Å²) in [5, 5.41) is 7.56. The predicted octanol–water partition coefficient (Wildman–Crippen LogP) is 5.27. The molecule has 0 aliphatic carbocycles. The predicted molar refractivity (Wildman–Crippen MR) is 149 cm³/mol. The first-order valence-corrected chi connectivity index (χ1v) is 14.3. The molecular formula is C26H26N6O4S2. The number of aromatic nitrogens is 4. The molecule has 0 atom stereocenters. The van der Waals surface area contributed by atoms with Gasteiger partial charge in [0.1, 0.15) is 0 Å². The molecule has 0 saturated heterocycles. The van der Waals surface area contributed by atoms with E-state index in [-0.39, 0.29) is 16.3 Å². The number of fused-ring (bicyclic) bond motifs is 1. The Bertz CT molecular complexity index is 1790. The zero-order valence-corrected chi connectivity index (χ0v) is 22.9. The zero-order chi connectivity index (χ0) is 27.0. The smallest absolute Gasteiger partial charge is 0.282 e. The lowest BCUT2D eigenvalue weighted by atomic mass is 10.1. The van der Waals surface area contributed by atoms with Crippen molar-refractivity contribution in [1.29, 1.82) is 0 Å². The summed E-state index contributed by atoms with van der Waals surface area (Å²) in [6, 6.07) is 13.8. The molecule has 2 aromatic carbocycles. The third-order valence-corrected chi connectivity index (χ3v) is 8.50. The van der Waals surface area contributed by atoms with Crippen molar-refractivity contribution >= 4 is 48.9 Å². The minimum atomic E-state index is -3.88. The van der Waals surface area contributed by atoms with E-state index in [0.29, 0.717) is 39.8 Å². The average molecular weight is 551 g/mol. The van der Waals surface area contributed by atoms with Gasteiger partial charge in [0.05, 0.1) is 37.8 Å². The van der Waals surface area contributed by atoms with Crippen molar-refractivity contribution < 1.29 is 12.9 Å². The number of rotatable bonds is 8. The number of anilines is 1. The normalized spacial score (nSPS) is 12.4. The SMILES string of the molecule is CCCc1[nH]n(-c2nc3ccccc3s2)c(=O)c1C(C)=Nc1ccc(S(=O)(=O)Nc2onc(C)c2C)cc1. The summed E-state index contributed by atoms with van der Waals surface area (Å²) in [6.45, 7) is 7.27. The van der Waals surface area contributed by atoms with Crippen molar-refractivity contribution in [3.05, 3.63) is 81.4 Å². The summed E-state index contributed by atoms with van der Waals surface area (Å²) >= 11 is 1.43. The number of H-pyrrole nitrogens is 1. The Morgan fingerprint density at radius 2 is 1.89 bits per heavy atom. The third kappa shape index (κ3) is 4.79. The fraction of sp³-hybridized carbons (Fsp3) is 0.231. The van der Waals surface area contributed by atoms with Crippen molar-refractivity contribution in [3.8, 4) is 5.13 Å². The Hall–Kier alpha value is -4.03. The molecule has 0 saturated carbocycles. The molecule has 0 radical (unpaired) electrons. The Morgan fingerprint density at radius 1 is 1.16 bits per heavy atom. The summed E-state index contributed by atoms with van der Waals surface area (Å²) in [5.41, 5.74) is 4.14. The monoisotopic (exact) mass is 550 g/mol. The Balaban J connectivity index is 1.45. The molecule has 0 unspecified atom stereocenters. The lowest BCUT2D eigenvalue weighted by Gasteiger charge is -2.06. The number of sulfonamides is 1. The largest absolute Gasteiger partial charge is 0.337 e. The molecule has 5 rings (SSSR count). The number of nitrogens with zero attached hydrogens (tertiary/aromatic N) is 4. The summed E-state index contributed by atoms with van der Waals surface area (Å²) < 4.78 is 35.5. The maximum Gasteiger partial charge on any atom is 0.282 e. The molecule has 3 aromatic heterocycles.